The van der Waals surface area contributed by atoms with Gasteiger partial charge in [0.05, 0.1) is 6.10 Å². The van der Waals surface area contributed by atoms with Crippen LogP contribution in [-0.4, -0.2) is 16.1 Å². The minimum absolute atomic E-state index is 0.157. The standard InChI is InChI=1S/C20H21ClN4O/c1-14(2)26-18-9-7-17(8-10-18)24-19-11-12-22-20(25-19)23-13-15-3-5-16(21)6-4-15/h3-12,14H,13H2,1-2H3,(H2,22,23,24,25). The number of rotatable bonds is 7. The van der Waals surface area contributed by atoms with E-state index in [0.29, 0.717) is 12.5 Å². The summed E-state index contributed by atoms with van der Waals surface area (Å²) >= 11 is 5.90. The summed E-state index contributed by atoms with van der Waals surface area (Å²) in [6.07, 6.45) is 1.88. The van der Waals surface area contributed by atoms with Crippen LogP contribution in [0.4, 0.5) is 17.5 Å². The molecule has 26 heavy (non-hydrogen) atoms. The molecule has 1 aromatic heterocycles. The summed E-state index contributed by atoms with van der Waals surface area (Å²) in [5.74, 6) is 2.12. The normalized spacial score (nSPS) is 10.6. The van der Waals surface area contributed by atoms with Crippen LogP contribution in [0.15, 0.2) is 60.8 Å². The highest BCUT2D eigenvalue weighted by Crippen LogP contribution is 2.20. The highest BCUT2D eigenvalue weighted by molar-refractivity contribution is 6.30. The van der Waals surface area contributed by atoms with E-state index in [-0.39, 0.29) is 6.10 Å². The second kappa shape index (κ2) is 8.54. The number of nitrogens with one attached hydrogen (secondary N) is 2. The topological polar surface area (TPSA) is 59.1 Å². The van der Waals surface area contributed by atoms with Gasteiger partial charge in [0.2, 0.25) is 5.95 Å². The van der Waals surface area contributed by atoms with Crippen LogP contribution in [0, 0.1) is 0 Å². The maximum absolute atomic E-state index is 5.90. The number of aromatic nitrogens is 2. The molecule has 0 radical (unpaired) electrons. The molecule has 0 unspecified atom stereocenters. The second-order valence-electron chi connectivity index (χ2n) is 6.06. The van der Waals surface area contributed by atoms with Crippen molar-refractivity contribution < 1.29 is 4.74 Å². The van der Waals surface area contributed by atoms with Gasteiger partial charge in [0.1, 0.15) is 11.6 Å². The highest BCUT2D eigenvalue weighted by atomic mass is 35.5. The van der Waals surface area contributed by atoms with Gasteiger partial charge in [0.15, 0.2) is 0 Å². The lowest BCUT2D eigenvalue weighted by atomic mass is 10.2. The molecule has 1 heterocycles. The third-order valence-corrected chi connectivity index (χ3v) is 3.77. The molecular formula is C20H21ClN4O. The van der Waals surface area contributed by atoms with Gasteiger partial charge in [-0.25, -0.2) is 4.98 Å². The van der Waals surface area contributed by atoms with E-state index in [4.69, 9.17) is 16.3 Å². The van der Waals surface area contributed by atoms with E-state index in [1.54, 1.807) is 6.20 Å². The van der Waals surface area contributed by atoms with Crippen molar-refractivity contribution in [1.29, 1.82) is 0 Å². The first-order chi connectivity index (χ1) is 12.6. The monoisotopic (exact) mass is 368 g/mol. The fraction of sp³-hybridized carbons (Fsp3) is 0.200. The van der Waals surface area contributed by atoms with Gasteiger partial charge >= 0.3 is 0 Å². The molecule has 0 aliphatic carbocycles. The zero-order valence-corrected chi connectivity index (χ0v) is 15.5. The molecular weight excluding hydrogens is 348 g/mol. The van der Waals surface area contributed by atoms with Crippen LogP contribution < -0.4 is 15.4 Å². The fourth-order valence-electron chi connectivity index (χ4n) is 2.33. The molecule has 3 rings (SSSR count). The molecule has 0 saturated heterocycles. The van der Waals surface area contributed by atoms with Crippen molar-refractivity contribution in [1.82, 2.24) is 9.97 Å². The lowest BCUT2D eigenvalue weighted by Gasteiger charge is -2.11. The van der Waals surface area contributed by atoms with E-state index < -0.39 is 0 Å². The summed E-state index contributed by atoms with van der Waals surface area (Å²) in [5.41, 5.74) is 2.04. The molecule has 0 fully saturated rings. The zero-order chi connectivity index (χ0) is 18.4. The number of benzene rings is 2. The van der Waals surface area contributed by atoms with Crippen LogP contribution in [0.2, 0.25) is 5.02 Å². The number of anilines is 3. The van der Waals surface area contributed by atoms with E-state index in [1.165, 1.54) is 0 Å². The van der Waals surface area contributed by atoms with Gasteiger partial charge < -0.3 is 15.4 Å². The third-order valence-electron chi connectivity index (χ3n) is 3.52. The Balaban J connectivity index is 1.60. The second-order valence-corrected chi connectivity index (χ2v) is 6.50. The quantitative estimate of drug-likeness (QED) is 0.594. The third kappa shape index (κ3) is 5.36. The molecule has 2 aromatic carbocycles. The zero-order valence-electron chi connectivity index (χ0n) is 14.7. The van der Waals surface area contributed by atoms with E-state index in [9.17, 15) is 0 Å². The van der Waals surface area contributed by atoms with Crippen molar-refractivity contribution >= 4 is 29.1 Å². The summed E-state index contributed by atoms with van der Waals surface area (Å²) in [7, 11) is 0. The van der Waals surface area contributed by atoms with Gasteiger partial charge in [-0.15, -0.1) is 0 Å². The fourth-order valence-corrected chi connectivity index (χ4v) is 2.46. The number of hydrogen-bond acceptors (Lipinski definition) is 5. The van der Waals surface area contributed by atoms with Crippen molar-refractivity contribution in [2.75, 3.05) is 10.6 Å². The van der Waals surface area contributed by atoms with E-state index >= 15 is 0 Å². The minimum Gasteiger partial charge on any atom is -0.491 e. The molecule has 6 heteroatoms. The lowest BCUT2D eigenvalue weighted by Crippen LogP contribution is -2.06. The van der Waals surface area contributed by atoms with Gasteiger partial charge in [-0.2, -0.15) is 4.98 Å². The summed E-state index contributed by atoms with van der Waals surface area (Å²) in [4.78, 5) is 8.73. The van der Waals surface area contributed by atoms with Crippen LogP contribution in [0.25, 0.3) is 0 Å². The molecule has 0 aliphatic heterocycles. The van der Waals surface area contributed by atoms with Gasteiger partial charge in [-0.3, -0.25) is 0 Å². The Morgan fingerprint density at radius 1 is 1.00 bits per heavy atom. The largest absolute Gasteiger partial charge is 0.491 e. The smallest absolute Gasteiger partial charge is 0.224 e. The first-order valence-corrected chi connectivity index (χ1v) is 8.81. The van der Waals surface area contributed by atoms with Gasteiger partial charge in [0, 0.05) is 23.5 Å². The van der Waals surface area contributed by atoms with E-state index in [0.717, 1.165) is 27.8 Å². The molecule has 0 atom stereocenters. The Morgan fingerprint density at radius 2 is 1.73 bits per heavy atom. The average molecular weight is 369 g/mol. The Labute approximate surface area is 158 Å². The molecule has 0 spiro atoms. The van der Waals surface area contributed by atoms with Crippen LogP contribution in [0.5, 0.6) is 5.75 Å². The number of nitrogens with zero attached hydrogens (tertiary/aromatic N) is 2. The highest BCUT2D eigenvalue weighted by Gasteiger charge is 2.02. The predicted molar refractivity (Wildman–Crippen MR) is 106 cm³/mol. The number of halogens is 1. The van der Waals surface area contributed by atoms with Crippen LogP contribution in [0.1, 0.15) is 19.4 Å². The number of hydrogen-bond donors (Lipinski definition) is 2. The molecule has 0 aliphatic rings. The SMILES string of the molecule is CC(C)Oc1ccc(Nc2ccnc(NCc3ccc(Cl)cc3)n2)cc1. The Morgan fingerprint density at radius 3 is 2.42 bits per heavy atom. The van der Waals surface area contributed by atoms with Crippen LogP contribution in [-0.2, 0) is 6.54 Å². The van der Waals surface area contributed by atoms with Crippen molar-refractivity contribution in [3.63, 3.8) is 0 Å². The Bertz CT molecular complexity index is 835. The van der Waals surface area contributed by atoms with Crippen molar-refractivity contribution in [3.8, 4) is 5.75 Å². The number of ether oxygens (including phenoxy) is 1. The van der Waals surface area contributed by atoms with E-state index in [2.05, 4.69) is 20.6 Å². The predicted octanol–water partition coefficient (Wildman–Crippen LogP) is 5.27. The first-order valence-electron chi connectivity index (χ1n) is 8.43. The summed E-state index contributed by atoms with van der Waals surface area (Å²) in [6, 6.07) is 17.3. The lowest BCUT2D eigenvalue weighted by molar-refractivity contribution is 0.242. The van der Waals surface area contributed by atoms with Crippen LogP contribution in [0.3, 0.4) is 0 Å². The molecule has 5 nitrogen and oxygen atoms in total. The molecule has 2 N–H and O–H groups in total. The first kappa shape index (κ1) is 18.0. The van der Waals surface area contributed by atoms with Crippen LogP contribution >= 0.6 is 11.6 Å². The van der Waals surface area contributed by atoms with Gasteiger partial charge in [0.25, 0.3) is 0 Å². The molecule has 0 saturated carbocycles. The maximum atomic E-state index is 5.90. The maximum Gasteiger partial charge on any atom is 0.224 e. The summed E-state index contributed by atoms with van der Waals surface area (Å²) in [6.45, 7) is 4.64. The average Bonchev–Trinajstić information content (AvgIpc) is 2.63. The van der Waals surface area contributed by atoms with Crippen molar-refractivity contribution in [2.24, 2.45) is 0 Å². The summed E-state index contributed by atoms with van der Waals surface area (Å²) < 4.78 is 5.65. The Kier molecular flexibility index (Phi) is 5.92. The van der Waals surface area contributed by atoms with Crippen molar-refractivity contribution in [3.05, 3.63) is 71.4 Å². The molecule has 134 valence electrons. The summed E-state index contributed by atoms with van der Waals surface area (Å²) in [5, 5.41) is 7.20. The van der Waals surface area contributed by atoms with E-state index in [1.807, 2.05) is 68.4 Å². The van der Waals surface area contributed by atoms with Gasteiger partial charge in [-0.1, -0.05) is 23.7 Å². The Hall–Kier alpha value is -2.79. The van der Waals surface area contributed by atoms with Crippen molar-refractivity contribution in [2.45, 2.75) is 26.5 Å². The van der Waals surface area contributed by atoms with Gasteiger partial charge in [-0.05, 0) is 61.9 Å². The molecule has 3 aromatic rings. The minimum atomic E-state index is 0.157. The molecule has 0 bridgehead atoms. The molecule has 0 amide bonds.